The highest BCUT2D eigenvalue weighted by Crippen LogP contribution is 2.25. The number of hydrogen-bond acceptors (Lipinski definition) is 5. The molecule has 102 valence electrons. The molecule has 1 rings (SSSR count). The molecule has 0 aliphatic rings. The standard InChI is InChI=1S/C11H17NO4S2/c1-11(2,3)7-18(14,15)12-8-5-6-17-9(8)10(13)16-4/h5-6,12H,7H2,1-4H3. The van der Waals surface area contributed by atoms with Crippen molar-refractivity contribution in [1.29, 1.82) is 0 Å². The zero-order valence-corrected chi connectivity index (χ0v) is 12.4. The number of nitrogens with one attached hydrogen (secondary N) is 1. The summed E-state index contributed by atoms with van der Waals surface area (Å²) in [6.07, 6.45) is 0. The van der Waals surface area contributed by atoms with Crippen LogP contribution in [-0.2, 0) is 14.8 Å². The predicted octanol–water partition coefficient (Wildman–Crippen LogP) is 2.32. The van der Waals surface area contributed by atoms with Gasteiger partial charge in [-0.2, -0.15) is 0 Å². The van der Waals surface area contributed by atoms with Crippen molar-refractivity contribution in [2.75, 3.05) is 17.6 Å². The maximum absolute atomic E-state index is 11.9. The summed E-state index contributed by atoms with van der Waals surface area (Å²) < 4.78 is 30.8. The SMILES string of the molecule is COC(=O)c1sccc1NS(=O)(=O)CC(C)(C)C. The van der Waals surface area contributed by atoms with E-state index in [0.717, 1.165) is 11.3 Å². The third-order valence-electron chi connectivity index (χ3n) is 1.92. The molecule has 0 saturated heterocycles. The fraction of sp³-hybridized carbons (Fsp3) is 0.545. The molecule has 1 N–H and O–H groups in total. The van der Waals surface area contributed by atoms with Crippen LogP contribution in [0.1, 0.15) is 30.4 Å². The normalized spacial score (nSPS) is 12.2. The largest absolute Gasteiger partial charge is 0.465 e. The van der Waals surface area contributed by atoms with Gasteiger partial charge in [0.15, 0.2) is 0 Å². The topological polar surface area (TPSA) is 72.5 Å². The zero-order chi connectivity index (χ0) is 14.0. The number of anilines is 1. The first-order valence-corrected chi connectivity index (χ1v) is 7.84. The highest BCUT2D eigenvalue weighted by molar-refractivity contribution is 7.92. The molecular weight excluding hydrogens is 274 g/mol. The molecule has 7 heteroatoms. The predicted molar refractivity (Wildman–Crippen MR) is 72.5 cm³/mol. The van der Waals surface area contributed by atoms with Crippen LogP contribution in [0.4, 0.5) is 5.69 Å². The van der Waals surface area contributed by atoms with E-state index in [1.54, 1.807) is 11.4 Å². The van der Waals surface area contributed by atoms with E-state index in [1.165, 1.54) is 7.11 Å². The number of ether oxygens (including phenoxy) is 1. The van der Waals surface area contributed by atoms with Crippen molar-refractivity contribution in [2.45, 2.75) is 20.8 Å². The van der Waals surface area contributed by atoms with Crippen LogP contribution in [0.3, 0.4) is 0 Å². The minimum atomic E-state index is -3.48. The number of hydrogen-bond donors (Lipinski definition) is 1. The molecule has 5 nitrogen and oxygen atoms in total. The van der Waals surface area contributed by atoms with Gasteiger partial charge >= 0.3 is 5.97 Å². The molecule has 0 amide bonds. The van der Waals surface area contributed by atoms with Crippen molar-refractivity contribution in [2.24, 2.45) is 5.41 Å². The average molecular weight is 291 g/mol. The monoisotopic (exact) mass is 291 g/mol. The number of carbonyl (C=O) groups excluding carboxylic acids is 1. The van der Waals surface area contributed by atoms with Gasteiger partial charge in [-0.3, -0.25) is 4.72 Å². The number of methoxy groups -OCH3 is 1. The Labute approximate surface area is 111 Å². The van der Waals surface area contributed by atoms with E-state index in [2.05, 4.69) is 9.46 Å². The maximum Gasteiger partial charge on any atom is 0.350 e. The second kappa shape index (κ2) is 5.27. The van der Waals surface area contributed by atoms with Gasteiger partial charge in [0.25, 0.3) is 0 Å². The molecule has 0 aromatic carbocycles. The van der Waals surface area contributed by atoms with Gasteiger partial charge in [-0.1, -0.05) is 20.8 Å². The van der Waals surface area contributed by atoms with Crippen molar-refractivity contribution in [1.82, 2.24) is 0 Å². The van der Waals surface area contributed by atoms with Crippen LogP contribution in [0.25, 0.3) is 0 Å². The molecule has 1 aromatic rings. The third kappa shape index (κ3) is 4.30. The molecule has 0 fully saturated rings. The molecule has 0 atom stereocenters. The highest BCUT2D eigenvalue weighted by Gasteiger charge is 2.24. The van der Waals surface area contributed by atoms with E-state index in [9.17, 15) is 13.2 Å². The molecule has 0 bridgehead atoms. The van der Waals surface area contributed by atoms with Gasteiger partial charge < -0.3 is 4.74 Å². The molecule has 0 spiro atoms. The van der Waals surface area contributed by atoms with Crippen LogP contribution < -0.4 is 4.72 Å². The first-order valence-electron chi connectivity index (χ1n) is 5.31. The van der Waals surface area contributed by atoms with Gasteiger partial charge in [0, 0.05) is 0 Å². The van der Waals surface area contributed by atoms with Gasteiger partial charge in [-0.15, -0.1) is 11.3 Å². The smallest absolute Gasteiger partial charge is 0.350 e. The third-order valence-corrected chi connectivity index (χ3v) is 4.60. The van der Waals surface area contributed by atoms with E-state index < -0.39 is 16.0 Å². The molecule has 1 aromatic heterocycles. The van der Waals surface area contributed by atoms with E-state index in [1.807, 2.05) is 20.8 Å². The first-order chi connectivity index (χ1) is 8.14. The van der Waals surface area contributed by atoms with Crippen molar-refractivity contribution >= 4 is 33.0 Å². The first kappa shape index (κ1) is 15.0. The number of carbonyl (C=O) groups is 1. The Balaban J connectivity index is 2.92. The van der Waals surface area contributed by atoms with E-state index in [-0.39, 0.29) is 21.7 Å². The van der Waals surface area contributed by atoms with Gasteiger partial charge in [0.1, 0.15) is 4.88 Å². The number of rotatable bonds is 4. The Kier molecular flexibility index (Phi) is 4.39. The Morgan fingerprint density at radius 1 is 1.44 bits per heavy atom. The molecule has 1 heterocycles. The summed E-state index contributed by atoms with van der Waals surface area (Å²) in [6.45, 7) is 5.50. The van der Waals surface area contributed by atoms with Crippen LogP contribution in [0.15, 0.2) is 11.4 Å². The molecule has 0 saturated carbocycles. The lowest BCUT2D eigenvalue weighted by Gasteiger charge is -2.18. The molecule has 18 heavy (non-hydrogen) atoms. The quantitative estimate of drug-likeness (QED) is 0.864. The van der Waals surface area contributed by atoms with Crippen molar-refractivity contribution in [3.63, 3.8) is 0 Å². The minimum absolute atomic E-state index is 0.0174. The summed E-state index contributed by atoms with van der Waals surface area (Å²) in [7, 11) is -2.22. The second-order valence-corrected chi connectivity index (χ2v) is 7.72. The Morgan fingerprint density at radius 3 is 2.56 bits per heavy atom. The van der Waals surface area contributed by atoms with Crippen LogP contribution in [-0.4, -0.2) is 27.2 Å². The van der Waals surface area contributed by atoms with Crippen molar-refractivity contribution in [3.05, 3.63) is 16.3 Å². The van der Waals surface area contributed by atoms with E-state index >= 15 is 0 Å². The summed E-state index contributed by atoms with van der Waals surface area (Å²) in [6, 6.07) is 1.55. The summed E-state index contributed by atoms with van der Waals surface area (Å²) in [5.41, 5.74) is -0.0797. The van der Waals surface area contributed by atoms with Crippen LogP contribution >= 0.6 is 11.3 Å². The Bertz CT molecular complexity index is 525. The maximum atomic E-state index is 11.9. The summed E-state index contributed by atoms with van der Waals surface area (Å²) in [4.78, 5) is 11.7. The molecule has 0 unspecified atom stereocenters. The average Bonchev–Trinajstić information content (AvgIpc) is 2.59. The highest BCUT2D eigenvalue weighted by atomic mass is 32.2. The second-order valence-electron chi connectivity index (χ2n) is 5.08. The summed E-state index contributed by atoms with van der Waals surface area (Å²) >= 11 is 1.14. The number of esters is 1. The molecular formula is C11H17NO4S2. The van der Waals surface area contributed by atoms with Crippen LogP contribution in [0, 0.1) is 5.41 Å². The Hall–Kier alpha value is -1.08. The van der Waals surface area contributed by atoms with Crippen molar-refractivity contribution < 1.29 is 17.9 Å². The van der Waals surface area contributed by atoms with Gasteiger partial charge in [-0.25, -0.2) is 13.2 Å². The molecule has 0 aliphatic carbocycles. The van der Waals surface area contributed by atoms with Crippen LogP contribution in [0.5, 0.6) is 0 Å². The van der Waals surface area contributed by atoms with E-state index in [4.69, 9.17) is 0 Å². The summed E-state index contributed by atoms with van der Waals surface area (Å²) in [5, 5.41) is 1.64. The molecule has 0 aliphatic heterocycles. The van der Waals surface area contributed by atoms with Gasteiger partial charge in [0.05, 0.1) is 18.6 Å². The van der Waals surface area contributed by atoms with E-state index in [0.29, 0.717) is 0 Å². The fourth-order valence-electron chi connectivity index (χ4n) is 1.41. The summed E-state index contributed by atoms with van der Waals surface area (Å²) in [5.74, 6) is -0.560. The zero-order valence-electron chi connectivity index (χ0n) is 10.8. The lowest BCUT2D eigenvalue weighted by atomic mass is 10.0. The van der Waals surface area contributed by atoms with Gasteiger partial charge in [-0.05, 0) is 16.9 Å². The molecule has 0 radical (unpaired) electrons. The lowest BCUT2D eigenvalue weighted by Crippen LogP contribution is -2.26. The van der Waals surface area contributed by atoms with Crippen molar-refractivity contribution in [3.8, 4) is 0 Å². The lowest BCUT2D eigenvalue weighted by molar-refractivity contribution is 0.0607. The minimum Gasteiger partial charge on any atom is -0.465 e. The number of sulfonamides is 1. The van der Waals surface area contributed by atoms with Crippen LogP contribution in [0.2, 0.25) is 0 Å². The fourth-order valence-corrected chi connectivity index (χ4v) is 3.96. The number of thiophene rings is 1. The van der Waals surface area contributed by atoms with Gasteiger partial charge in [0.2, 0.25) is 10.0 Å². The Morgan fingerprint density at radius 2 is 2.06 bits per heavy atom.